The maximum Gasteiger partial charge on any atom is 0.223 e. The zero-order valence-corrected chi connectivity index (χ0v) is 14.6. The number of aromatic nitrogens is 1. The zero-order valence-electron chi connectivity index (χ0n) is 13.8. The summed E-state index contributed by atoms with van der Waals surface area (Å²) >= 11 is 5.87. The molecule has 5 nitrogen and oxygen atoms in total. The zero-order chi connectivity index (χ0) is 17.6. The van der Waals surface area contributed by atoms with Crippen LogP contribution in [-0.2, 0) is 11.2 Å². The third kappa shape index (κ3) is 4.94. The summed E-state index contributed by atoms with van der Waals surface area (Å²) in [4.78, 5) is 18.3. The molecule has 6 heteroatoms. The Balaban J connectivity index is 1.55. The van der Waals surface area contributed by atoms with Gasteiger partial charge in [-0.15, -0.1) is 0 Å². The van der Waals surface area contributed by atoms with E-state index in [0.717, 1.165) is 5.56 Å². The molecule has 3 rings (SSSR count). The molecular formula is C19H21ClN2O3. The van der Waals surface area contributed by atoms with Crippen LogP contribution in [0.3, 0.4) is 0 Å². The first-order valence-electron chi connectivity index (χ1n) is 8.39. The molecule has 1 fully saturated rings. The van der Waals surface area contributed by atoms with Gasteiger partial charge in [0.1, 0.15) is 11.9 Å². The van der Waals surface area contributed by atoms with Gasteiger partial charge in [0, 0.05) is 30.4 Å². The number of piperidine rings is 1. The smallest absolute Gasteiger partial charge is 0.223 e. The second kappa shape index (κ2) is 8.32. The van der Waals surface area contributed by atoms with E-state index >= 15 is 0 Å². The van der Waals surface area contributed by atoms with Gasteiger partial charge < -0.3 is 14.7 Å². The van der Waals surface area contributed by atoms with Gasteiger partial charge in [0.05, 0.1) is 12.6 Å². The summed E-state index contributed by atoms with van der Waals surface area (Å²) in [6.45, 7) is 0.934. The van der Waals surface area contributed by atoms with Crippen LogP contribution in [0.1, 0.15) is 18.4 Å². The summed E-state index contributed by atoms with van der Waals surface area (Å²) in [5.74, 6) is 0.707. The number of hydrogen-bond donors (Lipinski definition) is 1. The Hall–Kier alpha value is -2.11. The van der Waals surface area contributed by atoms with Crippen LogP contribution in [0.25, 0.3) is 0 Å². The fourth-order valence-electron chi connectivity index (χ4n) is 2.89. The molecule has 1 aromatic carbocycles. The monoisotopic (exact) mass is 360 g/mol. The van der Waals surface area contributed by atoms with Crippen LogP contribution in [0.2, 0.25) is 5.02 Å². The number of pyridine rings is 1. The van der Waals surface area contributed by atoms with Crippen molar-refractivity contribution >= 4 is 17.5 Å². The third-order valence-electron chi connectivity index (χ3n) is 4.33. The Morgan fingerprint density at radius 2 is 2.12 bits per heavy atom. The summed E-state index contributed by atoms with van der Waals surface area (Å²) in [5, 5.41) is 10.8. The van der Waals surface area contributed by atoms with Gasteiger partial charge in [0.15, 0.2) is 0 Å². The molecule has 0 radical (unpaired) electrons. The molecule has 1 aliphatic rings. The quantitative estimate of drug-likeness (QED) is 0.890. The number of aryl methyl sites for hydroxylation is 1. The van der Waals surface area contributed by atoms with Crippen LogP contribution in [-0.4, -0.2) is 46.2 Å². The van der Waals surface area contributed by atoms with Gasteiger partial charge in [-0.05, 0) is 48.7 Å². The fraction of sp³-hybridized carbons (Fsp3) is 0.368. The van der Waals surface area contributed by atoms with Crippen LogP contribution in [0.5, 0.6) is 5.75 Å². The molecule has 0 aliphatic carbocycles. The summed E-state index contributed by atoms with van der Waals surface area (Å²) in [5.41, 5.74) is 1.04. The van der Waals surface area contributed by atoms with Gasteiger partial charge in [-0.25, -0.2) is 0 Å². The normalized spacial score (nSPS) is 20.3. The van der Waals surface area contributed by atoms with Crippen molar-refractivity contribution in [2.75, 3.05) is 13.1 Å². The minimum Gasteiger partial charge on any atom is -0.486 e. The summed E-state index contributed by atoms with van der Waals surface area (Å²) in [6, 6.07) is 10.8. The van der Waals surface area contributed by atoms with E-state index in [-0.39, 0.29) is 5.91 Å². The van der Waals surface area contributed by atoms with Crippen molar-refractivity contribution in [2.45, 2.75) is 31.5 Å². The number of aliphatic hydroxyl groups excluding tert-OH is 1. The van der Waals surface area contributed by atoms with Crippen molar-refractivity contribution in [3.63, 3.8) is 0 Å². The number of ether oxygens (including phenoxy) is 1. The standard InChI is InChI=1S/C19H21ClN2O3/c20-15-4-6-16(7-5-15)25-18-13-22(11-9-17(18)23)19(24)8-3-14-2-1-10-21-12-14/h1-2,4-7,10,12,17-18,23H,3,8-9,11,13H2/t17-,18-/m1/s1. The Bertz CT molecular complexity index is 694. The van der Waals surface area contributed by atoms with Gasteiger partial charge in [-0.2, -0.15) is 0 Å². The van der Waals surface area contributed by atoms with Gasteiger partial charge in [-0.1, -0.05) is 17.7 Å². The Labute approximate surface area is 152 Å². The molecule has 0 unspecified atom stereocenters. The Morgan fingerprint density at radius 3 is 2.84 bits per heavy atom. The number of rotatable bonds is 5. The van der Waals surface area contributed by atoms with E-state index in [1.165, 1.54) is 0 Å². The highest BCUT2D eigenvalue weighted by atomic mass is 35.5. The minimum absolute atomic E-state index is 0.0699. The highest BCUT2D eigenvalue weighted by Crippen LogP contribution is 2.21. The van der Waals surface area contributed by atoms with Crippen LogP contribution in [0.4, 0.5) is 0 Å². The predicted molar refractivity (Wildman–Crippen MR) is 95.6 cm³/mol. The number of likely N-dealkylation sites (tertiary alicyclic amines) is 1. The largest absolute Gasteiger partial charge is 0.486 e. The maximum absolute atomic E-state index is 12.5. The molecule has 1 aliphatic heterocycles. The number of benzene rings is 1. The number of halogens is 1. The molecule has 25 heavy (non-hydrogen) atoms. The van der Waals surface area contributed by atoms with Crippen molar-refractivity contribution in [2.24, 2.45) is 0 Å². The van der Waals surface area contributed by atoms with E-state index in [1.807, 2.05) is 12.1 Å². The lowest BCUT2D eigenvalue weighted by Gasteiger charge is -2.36. The first kappa shape index (κ1) is 17.7. The molecule has 1 saturated heterocycles. The highest BCUT2D eigenvalue weighted by molar-refractivity contribution is 6.30. The lowest BCUT2D eigenvalue weighted by atomic mass is 10.0. The Kier molecular flexibility index (Phi) is 5.89. The first-order chi connectivity index (χ1) is 12.1. The predicted octanol–water partition coefficient (Wildman–Crippen LogP) is 2.71. The van der Waals surface area contributed by atoms with Crippen molar-refractivity contribution in [3.8, 4) is 5.75 Å². The van der Waals surface area contributed by atoms with Gasteiger partial charge in [0.25, 0.3) is 0 Å². The van der Waals surface area contributed by atoms with Crippen LogP contribution in [0, 0.1) is 0 Å². The average molecular weight is 361 g/mol. The molecule has 1 aromatic heterocycles. The number of aliphatic hydroxyl groups is 1. The summed E-state index contributed by atoms with van der Waals surface area (Å²) < 4.78 is 5.85. The van der Waals surface area contributed by atoms with E-state index in [0.29, 0.717) is 43.1 Å². The number of amides is 1. The van der Waals surface area contributed by atoms with Crippen molar-refractivity contribution in [1.82, 2.24) is 9.88 Å². The van der Waals surface area contributed by atoms with E-state index in [4.69, 9.17) is 16.3 Å². The second-order valence-electron chi connectivity index (χ2n) is 6.17. The average Bonchev–Trinajstić information content (AvgIpc) is 2.64. The number of hydrogen-bond acceptors (Lipinski definition) is 4. The van der Waals surface area contributed by atoms with E-state index in [9.17, 15) is 9.90 Å². The van der Waals surface area contributed by atoms with Crippen molar-refractivity contribution in [1.29, 1.82) is 0 Å². The third-order valence-corrected chi connectivity index (χ3v) is 4.58. The second-order valence-corrected chi connectivity index (χ2v) is 6.60. The van der Waals surface area contributed by atoms with Gasteiger partial charge in [0.2, 0.25) is 5.91 Å². The minimum atomic E-state index is -0.585. The van der Waals surface area contributed by atoms with Crippen LogP contribution >= 0.6 is 11.6 Å². The SMILES string of the molecule is O=C(CCc1cccnc1)N1CC[C@@H](O)[C@H](Oc2ccc(Cl)cc2)C1. The van der Waals surface area contributed by atoms with Crippen LogP contribution in [0.15, 0.2) is 48.8 Å². The van der Waals surface area contributed by atoms with Gasteiger partial charge >= 0.3 is 0 Å². The van der Waals surface area contributed by atoms with Crippen molar-refractivity contribution < 1.29 is 14.6 Å². The topological polar surface area (TPSA) is 62.7 Å². The molecule has 1 amide bonds. The van der Waals surface area contributed by atoms with Gasteiger partial charge in [-0.3, -0.25) is 9.78 Å². The molecule has 2 atom stereocenters. The first-order valence-corrected chi connectivity index (χ1v) is 8.76. The molecule has 0 spiro atoms. The highest BCUT2D eigenvalue weighted by Gasteiger charge is 2.31. The molecule has 2 aromatic rings. The van der Waals surface area contributed by atoms with Crippen molar-refractivity contribution in [3.05, 3.63) is 59.4 Å². The fourth-order valence-corrected chi connectivity index (χ4v) is 3.02. The number of carbonyl (C=O) groups is 1. The van der Waals surface area contributed by atoms with E-state index in [1.54, 1.807) is 41.6 Å². The Morgan fingerprint density at radius 1 is 1.32 bits per heavy atom. The van der Waals surface area contributed by atoms with E-state index < -0.39 is 12.2 Å². The molecule has 2 heterocycles. The summed E-state index contributed by atoms with van der Waals surface area (Å²) in [6.07, 6.45) is 4.08. The number of carbonyl (C=O) groups excluding carboxylic acids is 1. The van der Waals surface area contributed by atoms with Crippen LogP contribution < -0.4 is 4.74 Å². The molecular weight excluding hydrogens is 340 g/mol. The maximum atomic E-state index is 12.5. The lowest BCUT2D eigenvalue weighted by Crippen LogP contribution is -2.51. The molecule has 1 N–H and O–H groups in total. The van der Waals surface area contributed by atoms with E-state index in [2.05, 4.69) is 4.98 Å². The molecule has 0 bridgehead atoms. The lowest BCUT2D eigenvalue weighted by molar-refractivity contribution is -0.136. The molecule has 132 valence electrons. The number of nitrogens with zero attached hydrogens (tertiary/aromatic N) is 2. The summed E-state index contributed by atoms with van der Waals surface area (Å²) in [7, 11) is 0. The molecule has 0 saturated carbocycles.